The monoisotopic (exact) mass is 275 g/mol. The summed E-state index contributed by atoms with van der Waals surface area (Å²) < 4.78 is 0. The molecule has 0 amide bonds. The fourth-order valence-corrected chi connectivity index (χ4v) is 1.99. The van der Waals surface area contributed by atoms with Crippen LogP contribution in [-0.2, 0) is 6.42 Å². The van der Waals surface area contributed by atoms with Crippen LogP contribution < -0.4 is 0 Å². The van der Waals surface area contributed by atoms with E-state index in [1.807, 2.05) is 19.1 Å². The zero-order valence-electron chi connectivity index (χ0n) is 10.5. The van der Waals surface area contributed by atoms with E-state index in [4.69, 9.17) is 11.6 Å². The molecule has 98 valence electrons. The normalized spacial score (nSPS) is 11.6. The Morgan fingerprint density at radius 2 is 1.84 bits per heavy atom. The zero-order valence-corrected chi connectivity index (χ0v) is 11.2. The van der Waals surface area contributed by atoms with Gasteiger partial charge in [-0.3, -0.25) is 0 Å². The van der Waals surface area contributed by atoms with Gasteiger partial charge in [0.25, 0.3) is 0 Å². The molecule has 0 saturated heterocycles. The summed E-state index contributed by atoms with van der Waals surface area (Å²) in [6.45, 7) is 2.02. The van der Waals surface area contributed by atoms with Gasteiger partial charge in [0.1, 0.15) is 11.5 Å². The van der Waals surface area contributed by atoms with Crippen LogP contribution in [-0.4, -0.2) is 16.0 Å². The lowest BCUT2D eigenvalue weighted by Gasteiger charge is -2.09. The molecular formula is C15H14ClNO2. The van der Waals surface area contributed by atoms with Gasteiger partial charge in [-0.1, -0.05) is 41.9 Å². The molecule has 0 aliphatic rings. The van der Waals surface area contributed by atoms with Gasteiger partial charge in [0.2, 0.25) is 0 Å². The maximum atomic E-state index is 9.93. The first-order chi connectivity index (χ1) is 9.15. The minimum Gasteiger partial charge on any atom is -0.507 e. The summed E-state index contributed by atoms with van der Waals surface area (Å²) >= 11 is 5.83. The molecule has 2 aromatic carbocycles. The SMILES string of the molecule is CCc1ccc(O)c(C(=NO)c2ccc(Cl)cc2)c1. The second-order valence-corrected chi connectivity index (χ2v) is 4.60. The first-order valence-corrected chi connectivity index (χ1v) is 6.33. The van der Waals surface area contributed by atoms with Crippen molar-refractivity contribution in [3.63, 3.8) is 0 Å². The molecule has 0 spiro atoms. The first-order valence-electron chi connectivity index (χ1n) is 5.96. The number of nitrogens with zero attached hydrogens (tertiary/aromatic N) is 1. The van der Waals surface area contributed by atoms with Crippen LogP contribution in [0.5, 0.6) is 5.75 Å². The molecule has 2 N–H and O–H groups in total. The highest BCUT2D eigenvalue weighted by molar-refractivity contribution is 6.30. The highest BCUT2D eigenvalue weighted by Crippen LogP contribution is 2.23. The zero-order chi connectivity index (χ0) is 13.8. The third-order valence-electron chi connectivity index (χ3n) is 2.94. The van der Waals surface area contributed by atoms with E-state index >= 15 is 0 Å². The van der Waals surface area contributed by atoms with Crippen molar-refractivity contribution in [1.82, 2.24) is 0 Å². The van der Waals surface area contributed by atoms with Crippen LogP contribution in [0.3, 0.4) is 0 Å². The summed E-state index contributed by atoms with van der Waals surface area (Å²) in [6.07, 6.45) is 0.840. The molecule has 0 aromatic heterocycles. The molecule has 0 heterocycles. The Balaban J connectivity index is 2.51. The Morgan fingerprint density at radius 3 is 2.42 bits per heavy atom. The van der Waals surface area contributed by atoms with Crippen molar-refractivity contribution in [3.05, 3.63) is 64.2 Å². The van der Waals surface area contributed by atoms with E-state index < -0.39 is 0 Å². The lowest BCUT2D eigenvalue weighted by atomic mass is 9.99. The fraction of sp³-hybridized carbons (Fsp3) is 0.133. The van der Waals surface area contributed by atoms with Crippen LogP contribution in [0.4, 0.5) is 0 Å². The number of benzene rings is 2. The summed E-state index contributed by atoms with van der Waals surface area (Å²) in [7, 11) is 0. The molecule has 0 atom stereocenters. The number of oxime groups is 1. The second kappa shape index (κ2) is 5.76. The van der Waals surface area contributed by atoms with E-state index in [2.05, 4.69) is 5.16 Å². The van der Waals surface area contributed by atoms with E-state index in [1.165, 1.54) is 0 Å². The molecule has 2 rings (SSSR count). The summed E-state index contributed by atoms with van der Waals surface area (Å²) in [5.41, 5.74) is 2.58. The van der Waals surface area contributed by atoms with Gasteiger partial charge in [0.15, 0.2) is 0 Å². The quantitative estimate of drug-likeness (QED) is 0.508. The average molecular weight is 276 g/mol. The number of hydrogen-bond acceptors (Lipinski definition) is 3. The second-order valence-electron chi connectivity index (χ2n) is 4.16. The van der Waals surface area contributed by atoms with E-state index in [0.717, 1.165) is 12.0 Å². The Morgan fingerprint density at radius 1 is 1.16 bits per heavy atom. The number of rotatable bonds is 3. The van der Waals surface area contributed by atoms with Crippen molar-refractivity contribution in [2.24, 2.45) is 5.16 Å². The smallest absolute Gasteiger partial charge is 0.125 e. The number of aromatic hydroxyl groups is 1. The molecule has 3 nitrogen and oxygen atoms in total. The molecule has 0 saturated carbocycles. The Kier molecular flexibility index (Phi) is 4.07. The maximum absolute atomic E-state index is 9.93. The number of hydrogen-bond donors (Lipinski definition) is 2. The van der Waals surface area contributed by atoms with Crippen LogP contribution in [0.25, 0.3) is 0 Å². The van der Waals surface area contributed by atoms with Gasteiger partial charge >= 0.3 is 0 Å². The van der Waals surface area contributed by atoms with Gasteiger partial charge < -0.3 is 10.3 Å². The summed E-state index contributed by atoms with van der Waals surface area (Å²) in [4.78, 5) is 0. The van der Waals surface area contributed by atoms with Crippen LogP contribution in [0.2, 0.25) is 5.02 Å². The Bertz CT molecular complexity index is 606. The summed E-state index contributed by atoms with van der Waals surface area (Å²) in [5, 5.41) is 23.1. The lowest BCUT2D eigenvalue weighted by Crippen LogP contribution is -2.04. The highest BCUT2D eigenvalue weighted by Gasteiger charge is 2.13. The minimum atomic E-state index is 0.0833. The van der Waals surface area contributed by atoms with E-state index in [9.17, 15) is 10.3 Å². The standard InChI is InChI=1S/C15H14ClNO2/c1-2-10-3-8-14(18)13(9-10)15(17-19)11-4-6-12(16)7-5-11/h3-9,18-19H,2H2,1H3. The van der Waals surface area contributed by atoms with E-state index in [0.29, 0.717) is 21.9 Å². The van der Waals surface area contributed by atoms with Crippen LogP contribution in [0, 0.1) is 0 Å². The average Bonchev–Trinajstić information content (AvgIpc) is 2.43. The molecule has 0 radical (unpaired) electrons. The Labute approximate surface area is 116 Å². The first kappa shape index (κ1) is 13.4. The third kappa shape index (κ3) is 2.88. The predicted molar refractivity (Wildman–Crippen MR) is 76.4 cm³/mol. The van der Waals surface area contributed by atoms with Crippen molar-refractivity contribution in [2.45, 2.75) is 13.3 Å². The molecule has 4 heteroatoms. The third-order valence-corrected chi connectivity index (χ3v) is 3.19. The number of phenolic OH excluding ortho intramolecular Hbond substituents is 1. The van der Waals surface area contributed by atoms with E-state index in [-0.39, 0.29) is 5.75 Å². The van der Waals surface area contributed by atoms with Crippen LogP contribution >= 0.6 is 11.6 Å². The lowest BCUT2D eigenvalue weighted by molar-refractivity contribution is 0.319. The Hall–Kier alpha value is -2.00. The topological polar surface area (TPSA) is 52.8 Å². The predicted octanol–water partition coefficient (Wildman–Crippen LogP) is 3.83. The molecule has 0 aliphatic carbocycles. The van der Waals surface area contributed by atoms with Gasteiger partial charge in [-0.2, -0.15) is 0 Å². The highest BCUT2D eigenvalue weighted by atomic mass is 35.5. The minimum absolute atomic E-state index is 0.0833. The number of aryl methyl sites for hydroxylation is 1. The van der Waals surface area contributed by atoms with Crippen LogP contribution in [0.15, 0.2) is 47.6 Å². The summed E-state index contributed by atoms with van der Waals surface area (Å²) in [6, 6.07) is 12.2. The number of halogens is 1. The van der Waals surface area contributed by atoms with Gasteiger partial charge in [0.05, 0.1) is 0 Å². The van der Waals surface area contributed by atoms with Crippen LogP contribution in [0.1, 0.15) is 23.6 Å². The molecular weight excluding hydrogens is 262 g/mol. The molecule has 2 aromatic rings. The number of phenols is 1. The fourth-order valence-electron chi connectivity index (χ4n) is 1.87. The van der Waals surface area contributed by atoms with Crippen molar-refractivity contribution in [3.8, 4) is 5.75 Å². The van der Waals surface area contributed by atoms with Gasteiger partial charge in [-0.25, -0.2) is 0 Å². The molecule has 19 heavy (non-hydrogen) atoms. The van der Waals surface area contributed by atoms with Crippen molar-refractivity contribution in [1.29, 1.82) is 0 Å². The molecule has 0 unspecified atom stereocenters. The largest absolute Gasteiger partial charge is 0.507 e. The van der Waals surface area contributed by atoms with Gasteiger partial charge in [-0.15, -0.1) is 0 Å². The van der Waals surface area contributed by atoms with Crippen molar-refractivity contribution in [2.75, 3.05) is 0 Å². The van der Waals surface area contributed by atoms with Gasteiger partial charge in [-0.05, 0) is 36.2 Å². The molecule has 0 aliphatic heterocycles. The molecule has 0 bridgehead atoms. The van der Waals surface area contributed by atoms with Crippen molar-refractivity contribution < 1.29 is 10.3 Å². The van der Waals surface area contributed by atoms with E-state index in [1.54, 1.807) is 30.3 Å². The maximum Gasteiger partial charge on any atom is 0.125 e. The van der Waals surface area contributed by atoms with Crippen molar-refractivity contribution >= 4 is 17.3 Å². The summed E-state index contributed by atoms with van der Waals surface area (Å²) in [5.74, 6) is 0.0833. The van der Waals surface area contributed by atoms with Gasteiger partial charge in [0, 0.05) is 16.1 Å². The molecule has 0 fully saturated rings.